The van der Waals surface area contributed by atoms with Crippen LogP contribution < -0.4 is 5.62 Å². The molecule has 0 saturated heterocycles. The summed E-state index contributed by atoms with van der Waals surface area (Å²) in [6.07, 6.45) is 1.50. The number of nitrogens with zero attached hydrogens (tertiary/aromatic N) is 3. The molecule has 0 bridgehead atoms. The maximum absolute atomic E-state index is 10.8. The molecule has 2 aromatic rings. The zero-order chi connectivity index (χ0) is 13.0. The third-order valence-electron chi connectivity index (χ3n) is 2.90. The van der Waals surface area contributed by atoms with Crippen LogP contribution in [0, 0.1) is 0 Å². The fourth-order valence-corrected chi connectivity index (χ4v) is 2.07. The maximum Gasteiger partial charge on any atom is 0.206 e. The number of hydrogen-bond donors (Lipinski definition) is 1. The minimum atomic E-state index is 0.126. The number of rotatable bonds is 5. The van der Waals surface area contributed by atoms with Crippen molar-refractivity contribution < 1.29 is 9.90 Å². The number of benzene rings is 1. The summed E-state index contributed by atoms with van der Waals surface area (Å²) in [6, 6.07) is 7.89. The van der Waals surface area contributed by atoms with Gasteiger partial charge in [0, 0.05) is 20.2 Å². The van der Waals surface area contributed by atoms with Crippen LogP contribution in [-0.2, 0) is 18.4 Å². The second-order valence-corrected chi connectivity index (χ2v) is 4.08. The summed E-state index contributed by atoms with van der Waals surface area (Å²) in [5.41, 5.74) is 2.80. The zero-order valence-corrected chi connectivity index (χ0v) is 10.4. The highest BCUT2D eigenvalue weighted by Crippen LogP contribution is 2.10. The first kappa shape index (κ1) is 12.6. The van der Waals surface area contributed by atoms with Crippen LogP contribution in [-0.4, -0.2) is 33.7 Å². The highest BCUT2D eigenvalue weighted by molar-refractivity contribution is 5.76. The van der Waals surface area contributed by atoms with Crippen molar-refractivity contribution in [3.63, 3.8) is 0 Å². The fourth-order valence-electron chi connectivity index (χ4n) is 2.07. The monoisotopic (exact) mass is 247 g/mol. The van der Waals surface area contributed by atoms with Gasteiger partial charge in [-0.1, -0.05) is 12.1 Å². The van der Waals surface area contributed by atoms with E-state index >= 15 is 0 Å². The SMILES string of the molecule is Cn1c(=NCCCO)n(CC=O)c2ccccc21. The Morgan fingerprint density at radius 3 is 2.72 bits per heavy atom. The van der Waals surface area contributed by atoms with Crippen molar-refractivity contribution in [3.05, 3.63) is 29.9 Å². The maximum atomic E-state index is 10.8. The third kappa shape index (κ3) is 2.22. The summed E-state index contributed by atoms with van der Waals surface area (Å²) in [5, 5.41) is 8.80. The van der Waals surface area contributed by atoms with Gasteiger partial charge in [-0.05, 0) is 18.6 Å². The van der Waals surface area contributed by atoms with Gasteiger partial charge >= 0.3 is 0 Å². The molecule has 96 valence electrons. The molecule has 0 amide bonds. The Labute approximate surface area is 105 Å². The molecule has 5 nitrogen and oxygen atoms in total. The summed E-state index contributed by atoms with van der Waals surface area (Å²) in [7, 11) is 1.93. The van der Waals surface area contributed by atoms with Gasteiger partial charge in [0.2, 0.25) is 5.62 Å². The van der Waals surface area contributed by atoms with E-state index in [1.54, 1.807) is 0 Å². The Morgan fingerprint density at radius 2 is 2.06 bits per heavy atom. The highest BCUT2D eigenvalue weighted by atomic mass is 16.3. The van der Waals surface area contributed by atoms with E-state index in [0.717, 1.165) is 22.9 Å². The molecule has 0 unspecified atom stereocenters. The second kappa shape index (κ2) is 5.64. The molecule has 0 saturated carbocycles. The number of aryl methyl sites for hydroxylation is 1. The second-order valence-electron chi connectivity index (χ2n) is 4.08. The third-order valence-corrected chi connectivity index (χ3v) is 2.90. The topological polar surface area (TPSA) is 59.5 Å². The number of carbonyl (C=O) groups excluding carboxylic acids is 1. The van der Waals surface area contributed by atoms with E-state index in [1.807, 2.05) is 40.4 Å². The normalized spacial score (nSPS) is 12.2. The van der Waals surface area contributed by atoms with Crippen molar-refractivity contribution in [2.75, 3.05) is 13.2 Å². The summed E-state index contributed by atoms with van der Waals surface area (Å²) in [6.45, 7) is 0.972. The average Bonchev–Trinajstić information content (AvgIpc) is 2.66. The quantitative estimate of drug-likeness (QED) is 0.616. The van der Waals surface area contributed by atoms with Crippen LogP contribution in [0.3, 0.4) is 0 Å². The molecular formula is C13H17N3O2. The Balaban J connectivity index is 2.62. The van der Waals surface area contributed by atoms with Crippen LogP contribution in [0.25, 0.3) is 11.0 Å². The van der Waals surface area contributed by atoms with Crippen LogP contribution >= 0.6 is 0 Å². The molecule has 0 fully saturated rings. The number of imidazole rings is 1. The van der Waals surface area contributed by atoms with E-state index in [0.29, 0.717) is 19.5 Å². The zero-order valence-electron chi connectivity index (χ0n) is 10.4. The Kier molecular flexibility index (Phi) is 3.94. The van der Waals surface area contributed by atoms with E-state index in [-0.39, 0.29) is 6.61 Å². The number of fused-ring (bicyclic) bond motifs is 1. The predicted molar refractivity (Wildman–Crippen MR) is 69.1 cm³/mol. The first-order valence-corrected chi connectivity index (χ1v) is 5.99. The van der Waals surface area contributed by atoms with Gasteiger partial charge in [0.15, 0.2) is 0 Å². The average molecular weight is 247 g/mol. The van der Waals surface area contributed by atoms with Gasteiger partial charge < -0.3 is 19.0 Å². The van der Waals surface area contributed by atoms with E-state index in [2.05, 4.69) is 4.99 Å². The van der Waals surface area contributed by atoms with Crippen molar-refractivity contribution >= 4 is 17.3 Å². The van der Waals surface area contributed by atoms with Crippen LogP contribution in [0.2, 0.25) is 0 Å². The molecule has 0 atom stereocenters. The van der Waals surface area contributed by atoms with Gasteiger partial charge in [-0.3, -0.25) is 4.99 Å². The number of aromatic nitrogens is 2. The lowest BCUT2D eigenvalue weighted by atomic mass is 10.3. The van der Waals surface area contributed by atoms with E-state index in [1.165, 1.54) is 0 Å². The summed E-state index contributed by atoms with van der Waals surface area (Å²) in [4.78, 5) is 15.3. The number of carbonyl (C=O) groups is 1. The van der Waals surface area contributed by atoms with Crippen molar-refractivity contribution in [3.8, 4) is 0 Å². The molecule has 18 heavy (non-hydrogen) atoms. The molecule has 0 spiro atoms. The summed E-state index contributed by atoms with van der Waals surface area (Å²) < 4.78 is 3.86. The van der Waals surface area contributed by atoms with E-state index in [9.17, 15) is 4.79 Å². The van der Waals surface area contributed by atoms with E-state index < -0.39 is 0 Å². The smallest absolute Gasteiger partial charge is 0.206 e. The lowest BCUT2D eigenvalue weighted by molar-refractivity contribution is -0.108. The number of hydrogen-bond acceptors (Lipinski definition) is 3. The molecule has 0 radical (unpaired) electrons. The predicted octanol–water partition coefficient (Wildman–Crippen LogP) is 0.462. The van der Waals surface area contributed by atoms with E-state index in [4.69, 9.17) is 5.11 Å². The van der Waals surface area contributed by atoms with Crippen molar-refractivity contribution in [1.29, 1.82) is 0 Å². The number of para-hydroxylation sites is 2. The van der Waals surface area contributed by atoms with Crippen LogP contribution in [0.1, 0.15) is 6.42 Å². The van der Waals surface area contributed by atoms with Gasteiger partial charge in [0.1, 0.15) is 6.29 Å². The Bertz CT molecular complexity index is 610. The fraction of sp³-hybridized carbons (Fsp3) is 0.385. The molecule has 1 aromatic heterocycles. The van der Waals surface area contributed by atoms with Gasteiger partial charge in [0.05, 0.1) is 17.6 Å². The minimum absolute atomic E-state index is 0.126. The summed E-state index contributed by atoms with van der Waals surface area (Å²) >= 11 is 0. The lowest BCUT2D eigenvalue weighted by Gasteiger charge is -1.99. The van der Waals surface area contributed by atoms with Crippen LogP contribution in [0.4, 0.5) is 0 Å². The molecule has 0 aliphatic rings. The Morgan fingerprint density at radius 1 is 1.33 bits per heavy atom. The molecule has 0 aliphatic carbocycles. The Hall–Kier alpha value is -1.88. The first-order valence-electron chi connectivity index (χ1n) is 5.99. The van der Waals surface area contributed by atoms with Crippen LogP contribution in [0.5, 0.6) is 0 Å². The largest absolute Gasteiger partial charge is 0.396 e. The number of aliphatic hydroxyl groups excluding tert-OH is 1. The molecular weight excluding hydrogens is 230 g/mol. The van der Waals surface area contributed by atoms with Crippen LogP contribution in [0.15, 0.2) is 29.3 Å². The molecule has 0 aliphatic heterocycles. The minimum Gasteiger partial charge on any atom is -0.396 e. The van der Waals surface area contributed by atoms with Gasteiger partial charge in [0.25, 0.3) is 0 Å². The van der Waals surface area contributed by atoms with Gasteiger partial charge in [-0.2, -0.15) is 0 Å². The summed E-state index contributed by atoms with van der Waals surface area (Å²) in [5.74, 6) is 0. The van der Waals surface area contributed by atoms with Crippen molar-refractivity contribution in [2.45, 2.75) is 13.0 Å². The standard InChI is InChI=1S/C13H17N3O2/c1-15-11-5-2-3-6-12(11)16(8-10-18)13(15)14-7-4-9-17/h2-3,5-6,10,17H,4,7-9H2,1H3. The molecule has 2 rings (SSSR count). The number of aliphatic hydroxyl groups is 1. The first-order chi connectivity index (χ1) is 8.79. The molecule has 1 heterocycles. The van der Waals surface area contributed by atoms with Crippen molar-refractivity contribution in [2.24, 2.45) is 12.0 Å². The highest BCUT2D eigenvalue weighted by Gasteiger charge is 2.07. The van der Waals surface area contributed by atoms with Crippen molar-refractivity contribution in [1.82, 2.24) is 9.13 Å². The van der Waals surface area contributed by atoms with Gasteiger partial charge in [-0.15, -0.1) is 0 Å². The number of aldehydes is 1. The molecule has 1 aromatic carbocycles. The molecule has 1 N–H and O–H groups in total. The lowest BCUT2D eigenvalue weighted by Crippen LogP contribution is -2.25. The van der Waals surface area contributed by atoms with Gasteiger partial charge in [-0.25, -0.2) is 0 Å². The molecule has 5 heteroatoms.